The van der Waals surface area contributed by atoms with Crippen molar-refractivity contribution >= 4 is 17.6 Å². The van der Waals surface area contributed by atoms with Crippen LogP contribution in [0.3, 0.4) is 0 Å². The van der Waals surface area contributed by atoms with Crippen LogP contribution in [0.25, 0.3) is 0 Å². The molecule has 0 aromatic carbocycles. The number of hydrogen-bond donors (Lipinski definition) is 2. The maximum absolute atomic E-state index is 10.4. The normalized spacial score (nSPS) is 9.88. The number of aliphatic carboxylic acids is 1. The Balaban J connectivity index is 2.51. The number of nitrogens with one attached hydrogen (secondary N) is 1. The standard InChI is InChI=1S/C10H16N4O2/c1-11-8-6-9(13-7-12-8)14(2)5-3-4-10(15)16/h6-7H,3-5H2,1-2H3,(H,15,16)(H,11,12,13). The van der Waals surface area contributed by atoms with Gasteiger partial charge in [0.2, 0.25) is 0 Å². The fourth-order valence-corrected chi connectivity index (χ4v) is 1.27. The summed E-state index contributed by atoms with van der Waals surface area (Å²) in [4.78, 5) is 20.4. The lowest BCUT2D eigenvalue weighted by Gasteiger charge is -2.17. The maximum Gasteiger partial charge on any atom is 0.303 e. The molecule has 0 saturated carbocycles. The van der Waals surface area contributed by atoms with E-state index in [9.17, 15) is 4.79 Å². The molecule has 0 aliphatic heterocycles. The molecule has 0 aliphatic rings. The Kier molecular flexibility index (Phi) is 4.50. The van der Waals surface area contributed by atoms with Crippen LogP contribution in [0.2, 0.25) is 0 Å². The van der Waals surface area contributed by atoms with Crippen LogP contribution in [0.4, 0.5) is 11.6 Å². The van der Waals surface area contributed by atoms with Crippen molar-refractivity contribution in [2.75, 3.05) is 30.9 Å². The van der Waals surface area contributed by atoms with E-state index in [1.807, 2.05) is 18.0 Å². The molecule has 1 aromatic heterocycles. The van der Waals surface area contributed by atoms with E-state index in [0.717, 1.165) is 11.6 Å². The molecule has 0 saturated heterocycles. The number of anilines is 2. The topological polar surface area (TPSA) is 78.4 Å². The lowest BCUT2D eigenvalue weighted by Crippen LogP contribution is -2.20. The minimum atomic E-state index is -0.771. The van der Waals surface area contributed by atoms with Gasteiger partial charge in [-0.1, -0.05) is 0 Å². The van der Waals surface area contributed by atoms with Gasteiger partial charge >= 0.3 is 5.97 Å². The fraction of sp³-hybridized carbons (Fsp3) is 0.500. The van der Waals surface area contributed by atoms with Gasteiger partial charge in [-0.25, -0.2) is 9.97 Å². The minimum absolute atomic E-state index is 0.175. The minimum Gasteiger partial charge on any atom is -0.481 e. The molecule has 1 rings (SSSR count). The highest BCUT2D eigenvalue weighted by Gasteiger charge is 2.04. The molecule has 16 heavy (non-hydrogen) atoms. The summed E-state index contributed by atoms with van der Waals surface area (Å²) in [6.07, 6.45) is 2.26. The van der Waals surface area contributed by atoms with Gasteiger partial charge in [0.25, 0.3) is 0 Å². The Bertz CT molecular complexity index is 356. The molecule has 88 valence electrons. The molecule has 0 fully saturated rings. The van der Waals surface area contributed by atoms with Crippen molar-refractivity contribution in [1.29, 1.82) is 0 Å². The average Bonchev–Trinajstić information content (AvgIpc) is 2.28. The van der Waals surface area contributed by atoms with Crippen LogP contribution in [0.1, 0.15) is 12.8 Å². The van der Waals surface area contributed by atoms with Gasteiger partial charge in [0, 0.05) is 33.1 Å². The number of aromatic nitrogens is 2. The predicted octanol–water partition coefficient (Wildman–Crippen LogP) is 0.819. The summed E-state index contributed by atoms with van der Waals surface area (Å²) in [5.41, 5.74) is 0. The van der Waals surface area contributed by atoms with Crippen LogP contribution in [-0.4, -0.2) is 41.7 Å². The molecule has 0 aliphatic carbocycles. The predicted molar refractivity (Wildman–Crippen MR) is 61.7 cm³/mol. The number of rotatable bonds is 6. The third-order valence-electron chi connectivity index (χ3n) is 2.18. The number of nitrogens with zero attached hydrogens (tertiary/aromatic N) is 3. The summed E-state index contributed by atoms with van der Waals surface area (Å²) in [6.45, 7) is 0.659. The Morgan fingerprint density at radius 3 is 2.94 bits per heavy atom. The fourth-order valence-electron chi connectivity index (χ4n) is 1.27. The first-order valence-corrected chi connectivity index (χ1v) is 5.06. The van der Waals surface area contributed by atoms with Gasteiger partial charge in [-0.2, -0.15) is 0 Å². The highest BCUT2D eigenvalue weighted by atomic mass is 16.4. The molecule has 0 spiro atoms. The zero-order valence-corrected chi connectivity index (χ0v) is 9.47. The molecule has 6 heteroatoms. The van der Waals surface area contributed by atoms with Gasteiger partial charge in [-0.3, -0.25) is 4.79 Å². The quantitative estimate of drug-likeness (QED) is 0.744. The molecule has 6 nitrogen and oxygen atoms in total. The highest BCUT2D eigenvalue weighted by Crippen LogP contribution is 2.12. The average molecular weight is 224 g/mol. The van der Waals surface area contributed by atoms with Crippen molar-refractivity contribution in [3.63, 3.8) is 0 Å². The van der Waals surface area contributed by atoms with Gasteiger partial charge in [-0.05, 0) is 6.42 Å². The summed E-state index contributed by atoms with van der Waals surface area (Å²) in [6, 6.07) is 1.82. The molecule has 0 bridgehead atoms. The van der Waals surface area contributed by atoms with Crippen LogP contribution in [-0.2, 0) is 4.79 Å². The monoisotopic (exact) mass is 224 g/mol. The third kappa shape index (κ3) is 3.72. The van der Waals surface area contributed by atoms with Gasteiger partial charge in [-0.15, -0.1) is 0 Å². The molecule has 1 heterocycles. The maximum atomic E-state index is 10.4. The third-order valence-corrected chi connectivity index (χ3v) is 2.18. The zero-order chi connectivity index (χ0) is 12.0. The van der Waals surface area contributed by atoms with Crippen molar-refractivity contribution < 1.29 is 9.90 Å². The lowest BCUT2D eigenvalue weighted by atomic mass is 10.3. The van der Waals surface area contributed by atoms with Crippen molar-refractivity contribution in [2.45, 2.75) is 12.8 Å². The smallest absolute Gasteiger partial charge is 0.303 e. The summed E-state index contributed by atoms with van der Waals surface area (Å²) < 4.78 is 0. The second-order valence-electron chi connectivity index (χ2n) is 3.43. The molecular formula is C10H16N4O2. The largest absolute Gasteiger partial charge is 0.481 e. The number of carboxylic acid groups (broad SMARTS) is 1. The van der Waals surface area contributed by atoms with Crippen LogP contribution in [0.5, 0.6) is 0 Å². The van der Waals surface area contributed by atoms with Crippen molar-refractivity contribution in [3.8, 4) is 0 Å². The van der Waals surface area contributed by atoms with Crippen LogP contribution in [0, 0.1) is 0 Å². The van der Waals surface area contributed by atoms with E-state index < -0.39 is 5.97 Å². The number of hydrogen-bond acceptors (Lipinski definition) is 5. The second kappa shape index (κ2) is 5.89. The first-order chi connectivity index (χ1) is 7.63. The number of carboxylic acids is 1. The van der Waals surface area contributed by atoms with Gasteiger partial charge in [0.05, 0.1) is 0 Å². The van der Waals surface area contributed by atoms with Crippen LogP contribution < -0.4 is 10.2 Å². The number of carbonyl (C=O) groups is 1. The Hall–Kier alpha value is -1.85. The van der Waals surface area contributed by atoms with Crippen LogP contribution in [0.15, 0.2) is 12.4 Å². The van der Waals surface area contributed by atoms with E-state index in [0.29, 0.717) is 13.0 Å². The van der Waals surface area contributed by atoms with Gasteiger partial charge in [0.15, 0.2) is 0 Å². The zero-order valence-electron chi connectivity index (χ0n) is 9.47. The summed E-state index contributed by atoms with van der Waals surface area (Å²) in [5, 5.41) is 11.4. The van der Waals surface area contributed by atoms with Gasteiger partial charge < -0.3 is 15.3 Å². The molecule has 1 aromatic rings. The lowest BCUT2D eigenvalue weighted by molar-refractivity contribution is -0.137. The molecule has 0 radical (unpaired) electrons. The van der Waals surface area contributed by atoms with E-state index in [4.69, 9.17) is 5.11 Å². The molecule has 0 atom stereocenters. The highest BCUT2D eigenvalue weighted by molar-refractivity contribution is 5.66. The van der Waals surface area contributed by atoms with Crippen molar-refractivity contribution in [3.05, 3.63) is 12.4 Å². The van der Waals surface area contributed by atoms with E-state index >= 15 is 0 Å². The molecular weight excluding hydrogens is 208 g/mol. The van der Waals surface area contributed by atoms with E-state index in [2.05, 4.69) is 15.3 Å². The molecule has 0 unspecified atom stereocenters. The summed E-state index contributed by atoms with van der Waals surface area (Å²) >= 11 is 0. The first kappa shape index (κ1) is 12.2. The van der Waals surface area contributed by atoms with Gasteiger partial charge in [0.1, 0.15) is 18.0 Å². The van der Waals surface area contributed by atoms with Crippen molar-refractivity contribution in [2.24, 2.45) is 0 Å². The van der Waals surface area contributed by atoms with E-state index in [-0.39, 0.29) is 6.42 Å². The first-order valence-electron chi connectivity index (χ1n) is 5.06. The van der Waals surface area contributed by atoms with Crippen molar-refractivity contribution in [1.82, 2.24) is 9.97 Å². The SMILES string of the molecule is CNc1cc(N(C)CCCC(=O)O)ncn1. The Morgan fingerprint density at radius 1 is 1.56 bits per heavy atom. The molecule has 0 amide bonds. The van der Waals surface area contributed by atoms with Crippen LogP contribution >= 0.6 is 0 Å². The summed E-state index contributed by atoms with van der Waals surface area (Å²) in [5.74, 6) is 0.756. The van der Waals surface area contributed by atoms with E-state index in [1.165, 1.54) is 6.33 Å². The second-order valence-corrected chi connectivity index (χ2v) is 3.43. The van der Waals surface area contributed by atoms with E-state index in [1.54, 1.807) is 7.05 Å². The molecule has 2 N–H and O–H groups in total. The Labute approximate surface area is 94.3 Å². The Morgan fingerprint density at radius 2 is 2.31 bits per heavy atom. The summed E-state index contributed by atoms with van der Waals surface area (Å²) in [7, 11) is 3.67.